The van der Waals surface area contributed by atoms with Crippen molar-refractivity contribution in [3.8, 4) is 0 Å². The predicted octanol–water partition coefficient (Wildman–Crippen LogP) is 6.87. The number of allylic oxidation sites excluding steroid dienone is 2. The number of Topliss-reactive ketones (excluding diaryl/α,β-unsaturated/α-hetero) is 1. The fraction of sp³-hybridized carbons (Fsp3) is 0.761. The van der Waals surface area contributed by atoms with Gasteiger partial charge in [0.05, 0.1) is 36.5 Å². The van der Waals surface area contributed by atoms with Crippen LogP contribution in [0.3, 0.4) is 0 Å². The number of hydrogen-bond donors (Lipinski definition) is 0. The Bertz CT molecular complexity index is 1890. The Kier molecular flexibility index (Phi) is 13.5. The standard InChI is InChI=1S/C46H66ClN3O10/c1-10-27-12-11-13-35(60-38-15-14-34(49(5)6)24(3)56-38)23(2)42(52)33-21-30-29-19-28(59-46-45(55-9)44(54-8)43(53-7)25(4)57-46)20-32(29)41-40(39(30)31(33)22-37(51)58-27)48-36-18-26(47)16-17-50(36)41/h16-18,21,23-25,27-32,34-35,38-39,43-46H,10-15,19-20,22H2,1-9H3/t23-,24?,25?,27+,28+,29+,30+,31-,32-,34+,35+,38+,39-,43+,44-,45?,46+/m1/s1. The number of esters is 1. The molecule has 60 heavy (non-hydrogen) atoms. The van der Waals surface area contributed by atoms with Crippen LogP contribution in [0, 0.1) is 23.7 Å². The van der Waals surface area contributed by atoms with E-state index in [4.69, 9.17) is 54.5 Å². The summed E-state index contributed by atoms with van der Waals surface area (Å²) in [6, 6.07) is 4.08. The van der Waals surface area contributed by atoms with Crippen LogP contribution < -0.4 is 0 Å². The van der Waals surface area contributed by atoms with E-state index in [1.165, 1.54) is 0 Å². The summed E-state index contributed by atoms with van der Waals surface area (Å²) in [5.74, 6) is -1.24. The zero-order chi connectivity index (χ0) is 42.6. The number of carbonyl (C=O) groups is 2. The van der Waals surface area contributed by atoms with Crippen LogP contribution in [0.5, 0.6) is 0 Å². The number of methoxy groups -OCH3 is 3. The molecule has 4 fully saturated rings. The number of rotatable bonds is 9. The zero-order valence-electron chi connectivity index (χ0n) is 36.8. The summed E-state index contributed by atoms with van der Waals surface area (Å²) >= 11 is 6.57. The summed E-state index contributed by atoms with van der Waals surface area (Å²) in [6.45, 7) is 8.13. The molecule has 0 spiro atoms. The first-order valence-electron chi connectivity index (χ1n) is 22.3. The number of fused-ring (bicyclic) bond motifs is 10. The van der Waals surface area contributed by atoms with Crippen molar-refractivity contribution in [1.29, 1.82) is 0 Å². The number of ether oxygens (including phenoxy) is 8. The molecule has 332 valence electrons. The second-order valence-electron chi connectivity index (χ2n) is 18.5. The minimum atomic E-state index is -0.676. The Morgan fingerprint density at radius 1 is 0.917 bits per heavy atom. The van der Waals surface area contributed by atoms with E-state index >= 15 is 4.79 Å². The van der Waals surface area contributed by atoms with Gasteiger partial charge in [0.1, 0.15) is 30.1 Å². The van der Waals surface area contributed by atoms with Crippen molar-refractivity contribution in [2.24, 2.45) is 23.7 Å². The van der Waals surface area contributed by atoms with Crippen LogP contribution in [0.25, 0.3) is 5.65 Å². The van der Waals surface area contributed by atoms with E-state index in [-0.39, 0.29) is 84.6 Å². The highest BCUT2D eigenvalue weighted by atomic mass is 35.5. The van der Waals surface area contributed by atoms with E-state index in [2.05, 4.69) is 43.3 Å². The highest BCUT2D eigenvalue weighted by Gasteiger charge is 2.57. The lowest BCUT2D eigenvalue weighted by Crippen LogP contribution is -2.59. The number of imidazole rings is 1. The highest BCUT2D eigenvalue weighted by molar-refractivity contribution is 6.30. The Morgan fingerprint density at radius 2 is 1.68 bits per heavy atom. The summed E-state index contributed by atoms with van der Waals surface area (Å²) in [4.78, 5) is 36.7. The molecule has 3 aliphatic carbocycles. The SMILES string of the molecule is CC[C@H]1CCC[C@H](O[C@H]2CC[C@H](N(C)C)C(C)O2)[C@@H](C)C(=O)C2=C[C@H]3[C@@H]4C[C@H](O[C@@H]5OC(C)[C@H](OC)[C@@H](OC)C5OC)C[C@H]4c4c(nc5cc(Cl)ccn45)[C@H]3[C@@H]2CC(=O)O1. The van der Waals surface area contributed by atoms with Gasteiger partial charge in [-0.3, -0.25) is 9.59 Å². The molecule has 2 aromatic heterocycles. The van der Waals surface area contributed by atoms with Gasteiger partial charge in [-0.1, -0.05) is 31.5 Å². The molecule has 0 radical (unpaired) electrons. The summed E-state index contributed by atoms with van der Waals surface area (Å²) in [5.41, 5.74) is 3.44. The third kappa shape index (κ3) is 8.25. The van der Waals surface area contributed by atoms with Gasteiger partial charge in [0.15, 0.2) is 18.4 Å². The van der Waals surface area contributed by atoms with Crippen LogP contribution in [-0.2, 0) is 47.5 Å². The largest absolute Gasteiger partial charge is 0.462 e. The smallest absolute Gasteiger partial charge is 0.306 e. The summed E-state index contributed by atoms with van der Waals surface area (Å²) in [5, 5.41) is 0.593. The number of halogens is 1. The van der Waals surface area contributed by atoms with Crippen molar-refractivity contribution in [3.63, 3.8) is 0 Å². The van der Waals surface area contributed by atoms with Crippen LogP contribution in [-0.4, -0.2) is 129 Å². The fourth-order valence-electron chi connectivity index (χ4n) is 11.9. The summed E-state index contributed by atoms with van der Waals surface area (Å²) in [6.07, 6.45) is 6.99. The average molecular weight is 856 g/mol. The topological polar surface area (TPSA) is 129 Å². The lowest BCUT2D eigenvalue weighted by molar-refractivity contribution is -0.314. The molecule has 0 bridgehead atoms. The fourth-order valence-corrected chi connectivity index (χ4v) is 12.1. The minimum absolute atomic E-state index is 0.00347. The molecular weight excluding hydrogens is 790 g/mol. The molecule has 3 aliphatic heterocycles. The lowest BCUT2D eigenvalue weighted by Gasteiger charge is -2.44. The molecule has 3 saturated heterocycles. The lowest BCUT2D eigenvalue weighted by atomic mass is 9.66. The van der Waals surface area contributed by atoms with Crippen LogP contribution in [0.2, 0.25) is 5.02 Å². The van der Waals surface area contributed by atoms with Gasteiger partial charge in [-0.05, 0) is 103 Å². The molecule has 6 aliphatic rings. The van der Waals surface area contributed by atoms with E-state index in [9.17, 15) is 4.79 Å². The van der Waals surface area contributed by atoms with Crippen molar-refractivity contribution in [3.05, 3.63) is 46.4 Å². The van der Waals surface area contributed by atoms with Crippen molar-refractivity contribution in [1.82, 2.24) is 14.3 Å². The van der Waals surface area contributed by atoms with Gasteiger partial charge < -0.3 is 47.2 Å². The molecule has 0 aromatic carbocycles. The molecule has 0 N–H and O–H groups in total. The molecule has 3 unspecified atom stereocenters. The molecule has 14 heteroatoms. The zero-order valence-corrected chi connectivity index (χ0v) is 37.5. The Balaban J connectivity index is 1.14. The van der Waals surface area contributed by atoms with Crippen molar-refractivity contribution < 1.29 is 47.5 Å². The molecule has 17 atom stereocenters. The number of pyridine rings is 1. The number of nitrogens with zero attached hydrogens (tertiary/aromatic N) is 3. The van der Waals surface area contributed by atoms with Crippen LogP contribution in [0.15, 0.2) is 30.0 Å². The van der Waals surface area contributed by atoms with Gasteiger partial charge in [-0.15, -0.1) is 0 Å². The molecule has 13 nitrogen and oxygen atoms in total. The second-order valence-corrected chi connectivity index (χ2v) is 18.9. The van der Waals surface area contributed by atoms with Gasteiger partial charge in [-0.25, -0.2) is 4.98 Å². The molecule has 0 amide bonds. The number of likely N-dealkylation sites (N-methyl/N-ethyl adjacent to an activating group) is 1. The number of cyclic esters (lactones) is 1. The van der Waals surface area contributed by atoms with Gasteiger partial charge in [0, 0.05) is 74.0 Å². The number of aromatic nitrogens is 2. The minimum Gasteiger partial charge on any atom is -0.462 e. The van der Waals surface area contributed by atoms with Crippen molar-refractivity contribution in [2.75, 3.05) is 35.4 Å². The van der Waals surface area contributed by atoms with E-state index in [1.54, 1.807) is 21.3 Å². The Morgan fingerprint density at radius 3 is 2.38 bits per heavy atom. The average Bonchev–Trinajstić information content (AvgIpc) is 3.91. The third-order valence-electron chi connectivity index (χ3n) is 14.9. The van der Waals surface area contributed by atoms with Gasteiger partial charge in [-0.2, -0.15) is 0 Å². The van der Waals surface area contributed by atoms with Gasteiger partial charge in [0.25, 0.3) is 0 Å². The molecular formula is C46H66ClN3O10. The van der Waals surface area contributed by atoms with E-state index < -0.39 is 30.5 Å². The van der Waals surface area contributed by atoms with Crippen molar-refractivity contribution >= 4 is 29.0 Å². The first-order valence-corrected chi connectivity index (χ1v) is 22.7. The molecule has 1 saturated carbocycles. The normalized spacial score (nSPS) is 41.2. The van der Waals surface area contributed by atoms with Crippen LogP contribution >= 0.6 is 11.6 Å². The van der Waals surface area contributed by atoms with Gasteiger partial charge in [0.2, 0.25) is 0 Å². The summed E-state index contributed by atoms with van der Waals surface area (Å²) in [7, 11) is 9.12. The van der Waals surface area contributed by atoms with Gasteiger partial charge >= 0.3 is 5.97 Å². The van der Waals surface area contributed by atoms with E-state index in [0.29, 0.717) is 35.9 Å². The maximum absolute atomic E-state index is 15.2. The van der Waals surface area contributed by atoms with Crippen LogP contribution in [0.4, 0.5) is 0 Å². The first kappa shape index (κ1) is 44.2. The van der Waals surface area contributed by atoms with E-state index in [0.717, 1.165) is 49.1 Å². The molecule has 2 aromatic rings. The molecule has 8 rings (SSSR count). The highest BCUT2D eigenvalue weighted by Crippen LogP contribution is 2.61. The summed E-state index contributed by atoms with van der Waals surface area (Å²) < 4.78 is 52.6. The first-order chi connectivity index (χ1) is 28.8. The maximum Gasteiger partial charge on any atom is 0.306 e. The molecule has 5 heterocycles. The maximum atomic E-state index is 15.2. The monoisotopic (exact) mass is 855 g/mol. The van der Waals surface area contributed by atoms with E-state index in [1.807, 2.05) is 32.2 Å². The second kappa shape index (κ2) is 18.3. The Hall–Kier alpha value is -2.46. The Labute approximate surface area is 360 Å². The third-order valence-corrected chi connectivity index (χ3v) is 15.1. The number of hydrogen-bond acceptors (Lipinski definition) is 12. The number of ketones is 1. The van der Waals surface area contributed by atoms with Crippen molar-refractivity contribution in [2.45, 2.75) is 165 Å². The number of carbonyl (C=O) groups excluding carboxylic acids is 2. The quantitative estimate of drug-likeness (QED) is 0.244. The van der Waals surface area contributed by atoms with Crippen LogP contribution in [0.1, 0.15) is 109 Å². The predicted molar refractivity (Wildman–Crippen MR) is 224 cm³/mol.